The smallest absolute Gasteiger partial charge is 0.306 e. The third-order valence-electron chi connectivity index (χ3n) is 12.8. The number of ether oxygens (including phenoxy) is 3. The molecule has 0 bridgehead atoms. The molecule has 1 saturated heterocycles. The van der Waals surface area contributed by atoms with Crippen molar-refractivity contribution in [1.82, 2.24) is 5.32 Å². The lowest BCUT2D eigenvalue weighted by Gasteiger charge is -2.41. The normalized spacial score (nSPS) is 20.3. The zero-order chi connectivity index (χ0) is 51.8. The van der Waals surface area contributed by atoms with Gasteiger partial charge in [-0.3, -0.25) is 9.59 Å². The monoisotopic (exact) mass is 998 g/mol. The number of esters is 1. The lowest BCUT2D eigenvalue weighted by atomic mass is 9.99. The number of carbonyl (C=O) groups is 2. The first-order chi connectivity index (χ1) is 34.7. The van der Waals surface area contributed by atoms with E-state index in [1.807, 2.05) is 18.2 Å². The summed E-state index contributed by atoms with van der Waals surface area (Å²) in [5, 5.41) is 56.7. The van der Waals surface area contributed by atoms with Crippen molar-refractivity contribution in [3.8, 4) is 0 Å². The van der Waals surface area contributed by atoms with Crippen LogP contribution in [0, 0.1) is 0 Å². The Bertz CT molecular complexity index is 1470. The third-order valence-corrected chi connectivity index (χ3v) is 12.8. The van der Waals surface area contributed by atoms with Crippen LogP contribution in [-0.2, 0) is 23.8 Å². The average Bonchev–Trinajstić information content (AvgIpc) is 3.37. The van der Waals surface area contributed by atoms with E-state index >= 15 is 0 Å². The van der Waals surface area contributed by atoms with E-state index in [2.05, 4.69) is 86.8 Å². The zero-order valence-electron chi connectivity index (χ0n) is 44.8. The summed E-state index contributed by atoms with van der Waals surface area (Å²) in [4.78, 5) is 26.4. The van der Waals surface area contributed by atoms with Gasteiger partial charge >= 0.3 is 5.97 Å². The Morgan fingerprint density at radius 2 is 1.01 bits per heavy atom. The van der Waals surface area contributed by atoms with Crippen molar-refractivity contribution >= 4 is 11.9 Å². The first-order valence-corrected chi connectivity index (χ1v) is 28.4. The van der Waals surface area contributed by atoms with E-state index in [1.54, 1.807) is 6.08 Å². The quantitative estimate of drug-likeness (QED) is 0.0149. The molecule has 71 heavy (non-hydrogen) atoms. The summed E-state index contributed by atoms with van der Waals surface area (Å²) in [6.07, 6.45) is 50.6. The van der Waals surface area contributed by atoms with Crippen molar-refractivity contribution in [1.29, 1.82) is 0 Å². The number of rotatable bonds is 46. The number of carbonyl (C=O) groups excluding carboxylic acids is 2. The van der Waals surface area contributed by atoms with Crippen LogP contribution in [0.5, 0.6) is 0 Å². The number of hydrogen-bond acceptors (Lipinski definition) is 10. The van der Waals surface area contributed by atoms with Crippen LogP contribution in [0.4, 0.5) is 0 Å². The van der Waals surface area contributed by atoms with Crippen molar-refractivity contribution < 1.29 is 49.3 Å². The topological polar surface area (TPSA) is 175 Å². The molecular formula is C60H103NO10. The molecule has 1 heterocycles. The Balaban J connectivity index is 2.79. The summed E-state index contributed by atoms with van der Waals surface area (Å²) >= 11 is 0. The molecule has 408 valence electrons. The highest BCUT2D eigenvalue weighted by Crippen LogP contribution is 2.26. The minimum atomic E-state index is -1.63. The molecular weight excluding hydrogens is 895 g/mol. The fraction of sp³-hybridized carbons (Fsp3) is 0.733. The van der Waals surface area contributed by atoms with Crippen LogP contribution in [0.2, 0.25) is 0 Å². The molecule has 0 spiro atoms. The fourth-order valence-electron chi connectivity index (χ4n) is 8.22. The van der Waals surface area contributed by atoms with E-state index in [1.165, 1.54) is 77.0 Å². The van der Waals surface area contributed by atoms with Crippen LogP contribution in [0.3, 0.4) is 0 Å². The Hall–Kier alpha value is -3.16. The SMILES string of the molecule is CCCCC/C=C\C/C=C\C/C=C\C/C=C\CCC(O)C(=O)NC(COC1OC(CO)C(O)C(O)C1OC(=O)CCCCCCCC/C=C/C=C/CCCCC)C(O)/C=C/CCCCCCCCCCC. The van der Waals surface area contributed by atoms with Crippen LogP contribution in [0.15, 0.2) is 85.1 Å². The van der Waals surface area contributed by atoms with Crippen LogP contribution < -0.4 is 5.32 Å². The molecule has 0 saturated carbocycles. The van der Waals surface area contributed by atoms with E-state index in [4.69, 9.17) is 14.2 Å². The van der Waals surface area contributed by atoms with E-state index in [0.717, 1.165) is 96.3 Å². The van der Waals surface area contributed by atoms with Gasteiger partial charge in [0.15, 0.2) is 12.4 Å². The standard InChI is InChI=1S/C60H103NO10/c1-4-7-10-13-16-19-22-24-26-28-29-32-35-38-41-44-47-53(64)59(68)61-51(52(63)46-43-40-37-34-31-21-18-15-12-9-6-3)50-69-60-58(57(67)56(66)54(49-62)70-60)71-55(65)48-45-42-39-36-33-30-27-25-23-20-17-14-11-8-5-2/h16-17,19-20,23-26,29,32,38,41,43,46,51-54,56-58,60,62-64,66-67H,4-15,18,21-22,27-28,30-31,33-37,39-40,42,44-45,47-50H2,1-3H3,(H,61,68)/b19-16-,20-17+,25-23+,26-24-,32-29-,41-38-,46-43+. The predicted molar refractivity (Wildman–Crippen MR) is 292 cm³/mol. The lowest BCUT2D eigenvalue weighted by Crippen LogP contribution is -2.61. The molecule has 1 aliphatic heterocycles. The predicted octanol–water partition coefficient (Wildman–Crippen LogP) is 12.6. The minimum absolute atomic E-state index is 0.100. The Kier molecular flexibility index (Phi) is 44.4. The van der Waals surface area contributed by atoms with Crippen LogP contribution in [0.25, 0.3) is 0 Å². The molecule has 1 fully saturated rings. The molecule has 1 rings (SSSR count). The van der Waals surface area contributed by atoms with E-state index in [-0.39, 0.29) is 19.4 Å². The second-order valence-corrected chi connectivity index (χ2v) is 19.3. The fourth-order valence-corrected chi connectivity index (χ4v) is 8.22. The second kappa shape index (κ2) is 47.8. The maximum absolute atomic E-state index is 13.3. The van der Waals surface area contributed by atoms with Gasteiger partial charge in [0.05, 0.1) is 25.4 Å². The van der Waals surface area contributed by atoms with Gasteiger partial charge in [0, 0.05) is 6.42 Å². The minimum Gasteiger partial charge on any atom is -0.454 e. The summed E-state index contributed by atoms with van der Waals surface area (Å²) in [6.45, 7) is 5.65. The van der Waals surface area contributed by atoms with Gasteiger partial charge in [0.2, 0.25) is 5.91 Å². The molecule has 8 unspecified atom stereocenters. The molecule has 8 atom stereocenters. The molecule has 0 aromatic rings. The summed E-state index contributed by atoms with van der Waals surface area (Å²) < 4.78 is 17.5. The van der Waals surface area contributed by atoms with Gasteiger partial charge < -0.3 is 45.1 Å². The van der Waals surface area contributed by atoms with Crippen LogP contribution in [0.1, 0.15) is 220 Å². The van der Waals surface area contributed by atoms with Gasteiger partial charge in [0.1, 0.15) is 24.4 Å². The molecule has 11 nitrogen and oxygen atoms in total. The van der Waals surface area contributed by atoms with Crippen LogP contribution in [-0.4, -0.2) is 99.6 Å². The van der Waals surface area contributed by atoms with Gasteiger partial charge in [-0.15, -0.1) is 0 Å². The Labute approximate surface area is 432 Å². The van der Waals surface area contributed by atoms with Crippen molar-refractivity contribution in [2.24, 2.45) is 0 Å². The average molecular weight is 998 g/mol. The number of amides is 1. The highest BCUT2D eigenvalue weighted by atomic mass is 16.7. The van der Waals surface area contributed by atoms with Crippen molar-refractivity contribution in [3.63, 3.8) is 0 Å². The molecule has 1 aliphatic rings. The number of aliphatic hydroxyl groups excluding tert-OH is 5. The van der Waals surface area contributed by atoms with Gasteiger partial charge in [-0.1, -0.05) is 209 Å². The Morgan fingerprint density at radius 3 is 1.56 bits per heavy atom. The maximum Gasteiger partial charge on any atom is 0.306 e. The molecule has 11 heteroatoms. The first kappa shape index (κ1) is 65.9. The molecule has 6 N–H and O–H groups in total. The van der Waals surface area contributed by atoms with E-state index in [0.29, 0.717) is 12.8 Å². The third kappa shape index (κ3) is 36.4. The first-order valence-electron chi connectivity index (χ1n) is 28.4. The molecule has 0 aliphatic carbocycles. The maximum atomic E-state index is 13.3. The van der Waals surface area contributed by atoms with Gasteiger partial charge in [0.25, 0.3) is 0 Å². The molecule has 1 amide bonds. The summed E-state index contributed by atoms with van der Waals surface area (Å²) in [5.41, 5.74) is 0. The molecule has 0 radical (unpaired) electrons. The second-order valence-electron chi connectivity index (χ2n) is 19.3. The molecule has 0 aromatic carbocycles. The van der Waals surface area contributed by atoms with Crippen molar-refractivity contribution in [3.05, 3.63) is 85.1 Å². The summed E-state index contributed by atoms with van der Waals surface area (Å²) in [6, 6.07) is -1.06. The van der Waals surface area contributed by atoms with Gasteiger partial charge in [-0.2, -0.15) is 0 Å². The zero-order valence-corrected chi connectivity index (χ0v) is 44.8. The highest BCUT2D eigenvalue weighted by Gasteiger charge is 2.47. The number of aliphatic hydroxyl groups is 5. The van der Waals surface area contributed by atoms with Crippen LogP contribution >= 0.6 is 0 Å². The number of unbranched alkanes of at least 4 members (excludes halogenated alkanes) is 21. The lowest BCUT2D eigenvalue weighted by molar-refractivity contribution is -0.305. The number of allylic oxidation sites excluding steroid dienone is 13. The summed E-state index contributed by atoms with van der Waals surface area (Å²) in [7, 11) is 0. The van der Waals surface area contributed by atoms with Gasteiger partial charge in [-0.05, 0) is 89.9 Å². The highest BCUT2D eigenvalue weighted by molar-refractivity contribution is 5.80. The van der Waals surface area contributed by atoms with Crippen molar-refractivity contribution in [2.45, 2.75) is 269 Å². The molecule has 0 aromatic heterocycles. The van der Waals surface area contributed by atoms with E-state index in [9.17, 15) is 35.1 Å². The largest absolute Gasteiger partial charge is 0.454 e. The Morgan fingerprint density at radius 1 is 0.563 bits per heavy atom. The van der Waals surface area contributed by atoms with Crippen molar-refractivity contribution in [2.75, 3.05) is 13.2 Å². The van der Waals surface area contributed by atoms with Gasteiger partial charge in [-0.25, -0.2) is 0 Å². The number of nitrogens with one attached hydrogen (secondary N) is 1. The number of hydrogen-bond donors (Lipinski definition) is 6. The summed E-state index contributed by atoms with van der Waals surface area (Å²) in [5.74, 6) is -1.27. The van der Waals surface area contributed by atoms with E-state index < -0.39 is 67.4 Å².